The molecule has 3 rings (SSSR count). The van der Waals surface area contributed by atoms with E-state index in [4.69, 9.17) is 4.74 Å². The summed E-state index contributed by atoms with van der Waals surface area (Å²) in [6, 6.07) is 5.86. The van der Waals surface area contributed by atoms with Crippen molar-refractivity contribution in [1.82, 2.24) is 0 Å². The van der Waals surface area contributed by atoms with Gasteiger partial charge in [-0.25, -0.2) is 4.79 Å². The molecule has 0 N–H and O–H groups in total. The number of benzene rings is 1. The van der Waals surface area contributed by atoms with Crippen LogP contribution in [0, 0.1) is 0 Å². The molecule has 2 heterocycles. The van der Waals surface area contributed by atoms with Crippen LogP contribution >= 0.6 is 0 Å². The van der Waals surface area contributed by atoms with Crippen LogP contribution in [0.25, 0.3) is 0 Å². The predicted octanol–water partition coefficient (Wildman–Crippen LogP) is 2.72. The number of amides is 2. The molecule has 0 aliphatic carbocycles. The number of rotatable bonds is 3. The third-order valence-corrected chi connectivity index (χ3v) is 4.20. The van der Waals surface area contributed by atoms with Crippen LogP contribution in [-0.4, -0.2) is 31.2 Å². The van der Waals surface area contributed by atoms with Gasteiger partial charge in [-0.3, -0.25) is 9.69 Å². The SMILES string of the molecule is CCC(=O)N1CCc2cc(N3C[C@H](CC)OC3=O)ccc21. The van der Waals surface area contributed by atoms with E-state index >= 15 is 0 Å². The molecule has 0 spiro atoms. The quantitative estimate of drug-likeness (QED) is 0.859. The van der Waals surface area contributed by atoms with Crippen LogP contribution in [0.2, 0.25) is 0 Å². The number of nitrogens with zero attached hydrogens (tertiary/aromatic N) is 2. The molecule has 21 heavy (non-hydrogen) atoms. The highest BCUT2D eigenvalue weighted by atomic mass is 16.6. The maximum atomic E-state index is 11.9. The van der Waals surface area contributed by atoms with E-state index in [-0.39, 0.29) is 18.1 Å². The van der Waals surface area contributed by atoms with Crippen molar-refractivity contribution >= 4 is 23.4 Å². The molecule has 2 amide bonds. The summed E-state index contributed by atoms with van der Waals surface area (Å²) in [4.78, 5) is 27.3. The van der Waals surface area contributed by atoms with Crippen molar-refractivity contribution in [3.05, 3.63) is 23.8 Å². The van der Waals surface area contributed by atoms with Crippen molar-refractivity contribution in [2.45, 2.75) is 39.2 Å². The highest BCUT2D eigenvalue weighted by molar-refractivity contribution is 5.96. The number of carbonyl (C=O) groups is 2. The molecule has 0 saturated carbocycles. The van der Waals surface area contributed by atoms with Gasteiger partial charge >= 0.3 is 6.09 Å². The number of cyclic esters (lactones) is 1. The molecule has 1 aromatic carbocycles. The molecule has 2 aliphatic heterocycles. The first-order chi connectivity index (χ1) is 10.1. The molecule has 0 aromatic heterocycles. The van der Waals surface area contributed by atoms with Crippen LogP contribution in [0.1, 0.15) is 32.3 Å². The Kier molecular flexibility index (Phi) is 3.57. The fourth-order valence-corrected chi connectivity index (χ4v) is 2.95. The summed E-state index contributed by atoms with van der Waals surface area (Å²) in [6.45, 7) is 5.22. The first kappa shape index (κ1) is 13.9. The van der Waals surface area contributed by atoms with E-state index in [2.05, 4.69) is 0 Å². The third kappa shape index (κ3) is 2.37. The maximum absolute atomic E-state index is 11.9. The summed E-state index contributed by atoms with van der Waals surface area (Å²) in [5.74, 6) is 0.146. The number of anilines is 2. The van der Waals surface area contributed by atoms with Gasteiger partial charge in [-0.05, 0) is 36.6 Å². The normalized spacial score (nSPS) is 20.7. The van der Waals surface area contributed by atoms with Crippen molar-refractivity contribution in [2.75, 3.05) is 22.9 Å². The smallest absolute Gasteiger partial charge is 0.414 e. The largest absolute Gasteiger partial charge is 0.444 e. The third-order valence-electron chi connectivity index (χ3n) is 4.20. The van der Waals surface area contributed by atoms with E-state index in [1.54, 1.807) is 4.90 Å². The number of hydrogen-bond donors (Lipinski definition) is 0. The average molecular weight is 288 g/mol. The monoisotopic (exact) mass is 288 g/mol. The summed E-state index contributed by atoms with van der Waals surface area (Å²) < 4.78 is 5.30. The van der Waals surface area contributed by atoms with Crippen LogP contribution in [0.4, 0.5) is 16.2 Å². The number of ether oxygens (including phenoxy) is 1. The highest BCUT2D eigenvalue weighted by Gasteiger charge is 2.32. The molecule has 0 unspecified atom stereocenters. The Balaban J connectivity index is 1.85. The zero-order valence-corrected chi connectivity index (χ0v) is 12.5. The zero-order valence-electron chi connectivity index (χ0n) is 12.5. The van der Waals surface area contributed by atoms with Gasteiger partial charge < -0.3 is 9.64 Å². The first-order valence-electron chi connectivity index (χ1n) is 7.55. The zero-order chi connectivity index (χ0) is 15.0. The summed E-state index contributed by atoms with van der Waals surface area (Å²) in [5, 5.41) is 0. The van der Waals surface area contributed by atoms with Crippen molar-refractivity contribution in [2.24, 2.45) is 0 Å². The summed E-state index contributed by atoms with van der Waals surface area (Å²) in [5.41, 5.74) is 2.97. The minimum absolute atomic E-state index is 0.0241. The molecule has 0 bridgehead atoms. The molecule has 112 valence electrons. The molecule has 1 fully saturated rings. The number of fused-ring (bicyclic) bond motifs is 1. The Morgan fingerprint density at radius 1 is 1.38 bits per heavy atom. The Morgan fingerprint density at radius 3 is 2.86 bits per heavy atom. The van der Waals surface area contributed by atoms with E-state index in [0.29, 0.717) is 13.0 Å². The number of carbonyl (C=O) groups excluding carboxylic acids is 2. The highest BCUT2D eigenvalue weighted by Crippen LogP contribution is 2.33. The average Bonchev–Trinajstić information content (AvgIpc) is 3.09. The van der Waals surface area contributed by atoms with Gasteiger partial charge in [0.25, 0.3) is 0 Å². The lowest BCUT2D eigenvalue weighted by Gasteiger charge is -2.18. The van der Waals surface area contributed by atoms with Gasteiger partial charge in [0.1, 0.15) is 6.10 Å². The fraction of sp³-hybridized carbons (Fsp3) is 0.500. The first-order valence-corrected chi connectivity index (χ1v) is 7.55. The lowest BCUT2D eigenvalue weighted by molar-refractivity contribution is -0.118. The molecule has 5 heteroatoms. The second-order valence-corrected chi connectivity index (χ2v) is 5.49. The Morgan fingerprint density at radius 2 is 2.19 bits per heavy atom. The minimum Gasteiger partial charge on any atom is -0.444 e. The van der Waals surface area contributed by atoms with E-state index in [9.17, 15) is 9.59 Å². The Bertz CT molecular complexity index is 585. The predicted molar refractivity (Wildman–Crippen MR) is 80.7 cm³/mol. The van der Waals surface area contributed by atoms with Crippen molar-refractivity contribution < 1.29 is 14.3 Å². The van der Waals surface area contributed by atoms with Crippen LogP contribution in [0.15, 0.2) is 18.2 Å². The minimum atomic E-state index is -0.277. The summed E-state index contributed by atoms with van der Waals surface area (Å²) in [7, 11) is 0. The number of hydrogen-bond acceptors (Lipinski definition) is 3. The topological polar surface area (TPSA) is 49.9 Å². The molecule has 1 atom stereocenters. The summed E-state index contributed by atoms with van der Waals surface area (Å²) in [6.07, 6.45) is 1.88. The van der Waals surface area contributed by atoms with Crippen molar-refractivity contribution in [3.8, 4) is 0 Å². The van der Waals surface area contributed by atoms with Gasteiger partial charge in [0.2, 0.25) is 5.91 Å². The fourth-order valence-electron chi connectivity index (χ4n) is 2.95. The van der Waals surface area contributed by atoms with Gasteiger partial charge in [0.15, 0.2) is 0 Å². The van der Waals surface area contributed by atoms with Crippen molar-refractivity contribution in [3.63, 3.8) is 0 Å². The molecule has 2 aliphatic rings. The molecule has 5 nitrogen and oxygen atoms in total. The second-order valence-electron chi connectivity index (χ2n) is 5.49. The van der Waals surface area contributed by atoms with Crippen LogP contribution in [0.5, 0.6) is 0 Å². The lowest BCUT2D eigenvalue weighted by Crippen LogP contribution is -2.28. The lowest BCUT2D eigenvalue weighted by atomic mass is 10.1. The van der Waals surface area contributed by atoms with Crippen LogP contribution < -0.4 is 9.80 Å². The van der Waals surface area contributed by atoms with Crippen molar-refractivity contribution in [1.29, 1.82) is 0 Å². The van der Waals surface area contributed by atoms with Gasteiger partial charge in [0, 0.05) is 24.3 Å². The molecular weight excluding hydrogens is 268 g/mol. The molecule has 1 saturated heterocycles. The Hall–Kier alpha value is -2.04. The second kappa shape index (κ2) is 5.39. The van der Waals surface area contributed by atoms with E-state index in [0.717, 1.165) is 36.3 Å². The molecule has 0 radical (unpaired) electrons. The summed E-state index contributed by atoms with van der Waals surface area (Å²) >= 11 is 0. The van der Waals surface area contributed by atoms with E-state index in [1.807, 2.05) is 36.9 Å². The Labute approximate surface area is 124 Å². The van der Waals surface area contributed by atoms with Gasteiger partial charge in [-0.2, -0.15) is 0 Å². The molecular formula is C16H20N2O3. The maximum Gasteiger partial charge on any atom is 0.414 e. The van der Waals surface area contributed by atoms with Crippen LogP contribution in [-0.2, 0) is 16.0 Å². The van der Waals surface area contributed by atoms with Gasteiger partial charge in [0.05, 0.1) is 6.54 Å². The van der Waals surface area contributed by atoms with Gasteiger partial charge in [-0.15, -0.1) is 0 Å². The van der Waals surface area contributed by atoms with E-state index in [1.165, 1.54) is 0 Å². The van der Waals surface area contributed by atoms with Gasteiger partial charge in [-0.1, -0.05) is 13.8 Å². The standard InChI is InChI=1S/C16H20N2O3/c1-3-13-10-18(16(20)21-13)12-5-6-14-11(9-12)7-8-17(14)15(19)4-2/h5-6,9,13H,3-4,7-8,10H2,1-2H3/t13-/m0/s1. The van der Waals surface area contributed by atoms with Crippen LogP contribution in [0.3, 0.4) is 0 Å². The van der Waals surface area contributed by atoms with E-state index < -0.39 is 0 Å². The molecule has 1 aromatic rings.